The fourth-order valence-corrected chi connectivity index (χ4v) is 2.29. The summed E-state index contributed by atoms with van der Waals surface area (Å²) in [6.07, 6.45) is 0. The number of benzene rings is 2. The molecule has 2 rings (SSSR count). The second-order valence-corrected chi connectivity index (χ2v) is 5.96. The van der Waals surface area contributed by atoms with Crippen LogP contribution in [0.2, 0.25) is 10.0 Å². The lowest BCUT2D eigenvalue weighted by atomic mass is 10.1. The third-order valence-corrected chi connectivity index (χ3v) is 4.01. The van der Waals surface area contributed by atoms with Gasteiger partial charge in [-0.25, -0.2) is 9.69 Å². The molecule has 0 N–H and O–H groups in total. The van der Waals surface area contributed by atoms with Gasteiger partial charge in [0.15, 0.2) is 0 Å². The lowest BCUT2D eigenvalue weighted by Crippen LogP contribution is -2.43. The second-order valence-electron chi connectivity index (χ2n) is 5.14. The number of halogens is 2. The SMILES string of the molecule is COc1ccc(C(=O)N(C(=O)N(C)C)c2ccc(Cl)c(Cl)c2)cc1. The van der Waals surface area contributed by atoms with E-state index in [1.54, 1.807) is 44.4 Å². The van der Waals surface area contributed by atoms with Crippen LogP contribution in [0.1, 0.15) is 10.4 Å². The molecule has 3 amide bonds. The number of urea groups is 1. The number of carbonyl (C=O) groups is 2. The molecule has 7 heteroatoms. The maximum atomic E-state index is 12.8. The number of ether oxygens (including phenoxy) is 1. The summed E-state index contributed by atoms with van der Waals surface area (Å²) in [5.41, 5.74) is 0.681. The number of hydrogen-bond donors (Lipinski definition) is 0. The van der Waals surface area contributed by atoms with E-state index in [0.29, 0.717) is 22.0 Å². The van der Waals surface area contributed by atoms with Crippen LogP contribution in [0, 0.1) is 0 Å². The molecule has 0 atom stereocenters. The molecule has 0 aliphatic heterocycles. The van der Waals surface area contributed by atoms with Crippen LogP contribution in [0.4, 0.5) is 10.5 Å². The van der Waals surface area contributed by atoms with Crippen LogP contribution in [0.3, 0.4) is 0 Å². The summed E-state index contributed by atoms with van der Waals surface area (Å²) in [6.45, 7) is 0. The van der Waals surface area contributed by atoms with Gasteiger partial charge < -0.3 is 9.64 Å². The number of carbonyl (C=O) groups excluding carboxylic acids is 2. The van der Waals surface area contributed by atoms with Gasteiger partial charge in [-0.15, -0.1) is 0 Å². The monoisotopic (exact) mass is 366 g/mol. The summed E-state index contributed by atoms with van der Waals surface area (Å²) < 4.78 is 5.08. The molecule has 0 heterocycles. The molecule has 0 fully saturated rings. The van der Waals surface area contributed by atoms with Gasteiger partial charge in [0.25, 0.3) is 5.91 Å². The minimum Gasteiger partial charge on any atom is -0.497 e. The van der Waals surface area contributed by atoms with Gasteiger partial charge in [-0.1, -0.05) is 23.2 Å². The quantitative estimate of drug-likeness (QED) is 0.811. The van der Waals surface area contributed by atoms with Crippen molar-refractivity contribution < 1.29 is 14.3 Å². The molecule has 2 aromatic carbocycles. The molecule has 0 saturated carbocycles. The van der Waals surface area contributed by atoms with Gasteiger partial charge in [0.05, 0.1) is 22.8 Å². The number of methoxy groups -OCH3 is 1. The zero-order chi connectivity index (χ0) is 17.9. The highest BCUT2D eigenvalue weighted by atomic mass is 35.5. The Morgan fingerprint density at radius 1 is 0.958 bits per heavy atom. The first-order chi connectivity index (χ1) is 11.3. The maximum Gasteiger partial charge on any atom is 0.331 e. The minimum absolute atomic E-state index is 0.258. The van der Waals surface area contributed by atoms with E-state index in [1.807, 2.05) is 0 Å². The van der Waals surface area contributed by atoms with Crippen molar-refractivity contribution in [1.82, 2.24) is 4.90 Å². The fourth-order valence-electron chi connectivity index (χ4n) is 2.00. The van der Waals surface area contributed by atoms with Crippen molar-refractivity contribution in [3.05, 3.63) is 58.1 Å². The number of imide groups is 1. The number of amides is 3. The van der Waals surface area contributed by atoms with E-state index in [0.717, 1.165) is 4.90 Å². The van der Waals surface area contributed by atoms with Crippen LogP contribution in [-0.2, 0) is 0 Å². The third-order valence-electron chi connectivity index (χ3n) is 3.28. The Kier molecular flexibility index (Phi) is 5.70. The Bertz CT molecular complexity index is 761. The van der Waals surface area contributed by atoms with Crippen molar-refractivity contribution in [3.63, 3.8) is 0 Å². The highest BCUT2D eigenvalue weighted by Crippen LogP contribution is 2.29. The molecule has 0 aromatic heterocycles. The zero-order valence-electron chi connectivity index (χ0n) is 13.4. The molecule has 0 aliphatic carbocycles. The van der Waals surface area contributed by atoms with Crippen LogP contribution < -0.4 is 9.64 Å². The average Bonchev–Trinajstić information content (AvgIpc) is 2.58. The van der Waals surface area contributed by atoms with E-state index in [2.05, 4.69) is 0 Å². The fraction of sp³-hybridized carbons (Fsp3) is 0.176. The molecule has 0 saturated heterocycles. The molecular formula is C17H16Cl2N2O3. The van der Waals surface area contributed by atoms with Gasteiger partial charge in [0.2, 0.25) is 0 Å². The highest BCUT2D eigenvalue weighted by Gasteiger charge is 2.26. The number of hydrogen-bond acceptors (Lipinski definition) is 3. The lowest BCUT2D eigenvalue weighted by molar-refractivity contribution is 0.0989. The van der Waals surface area contributed by atoms with Crippen LogP contribution in [0.15, 0.2) is 42.5 Å². The summed E-state index contributed by atoms with van der Waals surface area (Å²) in [6, 6.07) is 10.6. The summed E-state index contributed by atoms with van der Waals surface area (Å²) in [5.74, 6) is 0.140. The highest BCUT2D eigenvalue weighted by molar-refractivity contribution is 6.42. The summed E-state index contributed by atoms with van der Waals surface area (Å²) in [5, 5.41) is 0.600. The number of nitrogens with zero attached hydrogens (tertiary/aromatic N) is 2. The summed E-state index contributed by atoms with van der Waals surface area (Å²) in [7, 11) is 4.66. The number of rotatable bonds is 3. The predicted molar refractivity (Wildman–Crippen MR) is 95.3 cm³/mol. The number of anilines is 1. The van der Waals surface area contributed by atoms with Crippen LogP contribution in [0.5, 0.6) is 5.75 Å². The molecule has 0 radical (unpaired) electrons. The van der Waals surface area contributed by atoms with Crippen molar-refractivity contribution in [1.29, 1.82) is 0 Å². The van der Waals surface area contributed by atoms with Crippen molar-refractivity contribution in [2.24, 2.45) is 0 Å². The van der Waals surface area contributed by atoms with Gasteiger partial charge in [0.1, 0.15) is 5.75 Å². The van der Waals surface area contributed by atoms with Gasteiger partial charge in [0, 0.05) is 19.7 Å². The van der Waals surface area contributed by atoms with Crippen LogP contribution >= 0.6 is 23.2 Å². The van der Waals surface area contributed by atoms with Crippen molar-refractivity contribution in [2.45, 2.75) is 0 Å². The van der Waals surface area contributed by atoms with E-state index in [9.17, 15) is 9.59 Å². The van der Waals surface area contributed by atoms with E-state index in [4.69, 9.17) is 27.9 Å². The van der Waals surface area contributed by atoms with E-state index >= 15 is 0 Å². The summed E-state index contributed by atoms with van der Waals surface area (Å²) in [4.78, 5) is 27.7. The molecule has 0 unspecified atom stereocenters. The first kappa shape index (κ1) is 18.1. The molecule has 5 nitrogen and oxygen atoms in total. The summed E-state index contributed by atoms with van der Waals surface area (Å²) >= 11 is 11.9. The molecule has 2 aromatic rings. The minimum atomic E-state index is -0.491. The van der Waals surface area contributed by atoms with Gasteiger partial charge in [-0.05, 0) is 42.5 Å². The average molecular weight is 367 g/mol. The predicted octanol–water partition coefficient (Wildman–Crippen LogP) is 4.33. The van der Waals surface area contributed by atoms with Crippen molar-refractivity contribution in [2.75, 3.05) is 26.1 Å². The van der Waals surface area contributed by atoms with Gasteiger partial charge >= 0.3 is 6.03 Å². The zero-order valence-corrected chi connectivity index (χ0v) is 14.9. The van der Waals surface area contributed by atoms with Crippen LogP contribution in [-0.4, -0.2) is 38.0 Å². The van der Waals surface area contributed by atoms with Crippen molar-refractivity contribution >= 4 is 40.8 Å². The largest absolute Gasteiger partial charge is 0.497 e. The Balaban J connectivity index is 2.46. The van der Waals surface area contributed by atoms with Crippen molar-refractivity contribution in [3.8, 4) is 5.75 Å². The first-order valence-electron chi connectivity index (χ1n) is 7.00. The molecule has 126 valence electrons. The molecular weight excluding hydrogens is 351 g/mol. The third kappa shape index (κ3) is 3.80. The smallest absolute Gasteiger partial charge is 0.331 e. The molecule has 24 heavy (non-hydrogen) atoms. The molecule has 0 bridgehead atoms. The first-order valence-corrected chi connectivity index (χ1v) is 7.75. The topological polar surface area (TPSA) is 49.9 Å². The van der Waals surface area contributed by atoms with E-state index in [1.165, 1.54) is 24.1 Å². The van der Waals surface area contributed by atoms with Gasteiger partial charge in [-0.3, -0.25) is 4.79 Å². The standard InChI is InChI=1S/C17H16Cl2N2O3/c1-20(2)17(23)21(12-6-9-14(18)15(19)10-12)16(22)11-4-7-13(24-3)8-5-11/h4-10H,1-3H3. The lowest BCUT2D eigenvalue weighted by Gasteiger charge is -2.25. The Morgan fingerprint density at radius 3 is 2.08 bits per heavy atom. The Morgan fingerprint density at radius 2 is 1.58 bits per heavy atom. The normalized spacial score (nSPS) is 10.2. The second kappa shape index (κ2) is 7.55. The Hall–Kier alpha value is -2.24. The van der Waals surface area contributed by atoms with E-state index in [-0.39, 0.29) is 5.02 Å². The van der Waals surface area contributed by atoms with E-state index < -0.39 is 11.9 Å². The Labute approximate surface area is 150 Å². The van der Waals surface area contributed by atoms with Crippen LogP contribution in [0.25, 0.3) is 0 Å². The maximum absolute atomic E-state index is 12.8. The molecule has 0 spiro atoms. The molecule has 0 aliphatic rings. The van der Waals surface area contributed by atoms with Gasteiger partial charge in [-0.2, -0.15) is 0 Å².